The predicted octanol–water partition coefficient (Wildman–Crippen LogP) is 2.85. The monoisotopic (exact) mass is 228 g/mol. The molecule has 1 aromatic heterocycles. The van der Waals surface area contributed by atoms with Crippen molar-refractivity contribution < 1.29 is 0 Å². The largest absolute Gasteiger partial charge is 0.159 e. The lowest BCUT2D eigenvalue weighted by Gasteiger charge is -2.18. The summed E-state index contributed by atoms with van der Waals surface area (Å²) in [5.41, 5.74) is 2.20. The van der Waals surface area contributed by atoms with Gasteiger partial charge in [0.05, 0.1) is 11.9 Å². The first kappa shape index (κ1) is 9.65. The maximum atomic E-state index is 4.11. The van der Waals surface area contributed by atoms with Gasteiger partial charge in [-0.25, -0.2) is 0 Å². The van der Waals surface area contributed by atoms with Crippen LogP contribution in [0.5, 0.6) is 0 Å². The molecule has 0 spiro atoms. The van der Waals surface area contributed by atoms with Crippen molar-refractivity contribution in [3.8, 4) is 0 Å². The molecular formula is C9H13BrN2. The molecule has 1 aromatic rings. The van der Waals surface area contributed by atoms with E-state index in [4.69, 9.17) is 0 Å². The van der Waals surface area contributed by atoms with Crippen LogP contribution < -0.4 is 0 Å². The molecule has 0 saturated carbocycles. The Morgan fingerprint density at radius 2 is 1.92 bits per heavy atom. The van der Waals surface area contributed by atoms with Gasteiger partial charge in [0.15, 0.2) is 0 Å². The Hall–Kier alpha value is -0.440. The second-order valence-corrected chi connectivity index (χ2v) is 4.73. The van der Waals surface area contributed by atoms with Crippen molar-refractivity contribution in [1.82, 2.24) is 10.2 Å². The first-order valence-electron chi connectivity index (χ1n) is 3.91. The third-order valence-electron chi connectivity index (χ3n) is 1.67. The van der Waals surface area contributed by atoms with Gasteiger partial charge in [-0.05, 0) is 28.4 Å². The quantitative estimate of drug-likeness (QED) is 0.683. The lowest BCUT2D eigenvalue weighted by molar-refractivity contribution is 0.553. The predicted molar refractivity (Wildman–Crippen MR) is 53.2 cm³/mol. The molecule has 0 atom stereocenters. The second kappa shape index (κ2) is 3.13. The van der Waals surface area contributed by atoms with Gasteiger partial charge >= 0.3 is 0 Å². The van der Waals surface area contributed by atoms with E-state index < -0.39 is 0 Å². The van der Waals surface area contributed by atoms with Crippen molar-refractivity contribution >= 4 is 15.9 Å². The van der Waals surface area contributed by atoms with Crippen molar-refractivity contribution in [3.63, 3.8) is 0 Å². The van der Waals surface area contributed by atoms with Crippen molar-refractivity contribution in [3.05, 3.63) is 21.9 Å². The van der Waals surface area contributed by atoms with Crippen LogP contribution >= 0.6 is 15.9 Å². The number of halogens is 1. The molecule has 0 aromatic carbocycles. The highest BCUT2D eigenvalue weighted by atomic mass is 79.9. The summed E-state index contributed by atoms with van der Waals surface area (Å²) in [5.74, 6) is 0. The highest BCUT2D eigenvalue weighted by Crippen LogP contribution is 2.28. The smallest absolute Gasteiger partial charge is 0.0828 e. The Morgan fingerprint density at radius 1 is 1.33 bits per heavy atom. The highest BCUT2D eigenvalue weighted by Gasteiger charge is 2.19. The van der Waals surface area contributed by atoms with E-state index in [2.05, 4.69) is 46.9 Å². The van der Waals surface area contributed by atoms with E-state index in [1.165, 1.54) is 0 Å². The molecule has 12 heavy (non-hydrogen) atoms. The summed E-state index contributed by atoms with van der Waals surface area (Å²) in [7, 11) is 0. The van der Waals surface area contributed by atoms with Gasteiger partial charge in [0, 0.05) is 9.89 Å². The minimum atomic E-state index is 0.0534. The van der Waals surface area contributed by atoms with Crippen LogP contribution in [0.15, 0.2) is 10.7 Å². The Balaban J connectivity index is 3.26. The molecule has 1 heterocycles. The third-order valence-corrected chi connectivity index (χ3v) is 2.67. The molecule has 0 amide bonds. The van der Waals surface area contributed by atoms with E-state index in [0.717, 1.165) is 15.7 Å². The third kappa shape index (κ3) is 1.83. The van der Waals surface area contributed by atoms with E-state index in [-0.39, 0.29) is 5.41 Å². The molecule has 0 aliphatic heterocycles. The lowest BCUT2D eigenvalue weighted by atomic mass is 9.91. The molecule has 0 fully saturated rings. The zero-order chi connectivity index (χ0) is 9.35. The maximum Gasteiger partial charge on any atom is 0.0828 e. The summed E-state index contributed by atoms with van der Waals surface area (Å²) in [4.78, 5) is 0. The molecule has 3 heteroatoms. The molecule has 66 valence electrons. The Kier molecular flexibility index (Phi) is 2.52. The molecule has 1 rings (SSSR count). The van der Waals surface area contributed by atoms with Gasteiger partial charge in [0.2, 0.25) is 0 Å². The first-order valence-corrected chi connectivity index (χ1v) is 4.70. The van der Waals surface area contributed by atoms with Crippen molar-refractivity contribution in [2.24, 2.45) is 0 Å². The Morgan fingerprint density at radius 3 is 2.33 bits per heavy atom. The van der Waals surface area contributed by atoms with Gasteiger partial charge in [0.1, 0.15) is 0 Å². The number of nitrogens with zero attached hydrogens (tertiary/aromatic N) is 2. The molecule has 0 saturated heterocycles. The Bertz CT molecular complexity index is 289. The van der Waals surface area contributed by atoms with Crippen LogP contribution in [0.4, 0.5) is 0 Å². The van der Waals surface area contributed by atoms with Gasteiger partial charge in [-0.15, -0.1) is 0 Å². The summed E-state index contributed by atoms with van der Waals surface area (Å²) in [6.45, 7) is 8.40. The molecule has 0 bridgehead atoms. The minimum Gasteiger partial charge on any atom is -0.159 e. The average Bonchev–Trinajstić information content (AvgIpc) is 1.92. The van der Waals surface area contributed by atoms with Gasteiger partial charge in [-0.3, -0.25) is 0 Å². The van der Waals surface area contributed by atoms with Crippen LogP contribution in [-0.2, 0) is 5.41 Å². The molecule has 0 unspecified atom stereocenters. The SMILES string of the molecule is Cc1cnnc(C(C)(C)C)c1Br. The normalized spacial score (nSPS) is 11.8. The fourth-order valence-corrected chi connectivity index (χ4v) is 1.72. The summed E-state index contributed by atoms with van der Waals surface area (Å²) < 4.78 is 1.07. The summed E-state index contributed by atoms with van der Waals surface area (Å²) in [5, 5.41) is 8.04. The van der Waals surface area contributed by atoms with E-state index in [1.54, 1.807) is 6.20 Å². The number of hydrogen-bond acceptors (Lipinski definition) is 2. The van der Waals surface area contributed by atoms with Crippen molar-refractivity contribution in [2.75, 3.05) is 0 Å². The fraction of sp³-hybridized carbons (Fsp3) is 0.556. The van der Waals surface area contributed by atoms with Crippen LogP contribution in [0.1, 0.15) is 32.0 Å². The second-order valence-electron chi connectivity index (χ2n) is 3.94. The van der Waals surface area contributed by atoms with E-state index in [9.17, 15) is 0 Å². The van der Waals surface area contributed by atoms with E-state index >= 15 is 0 Å². The van der Waals surface area contributed by atoms with Gasteiger partial charge in [0.25, 0.3) is 0 Å². The lowest BCUT2D eigenvalue weighted by Crippen LogP contribution is -2.15. The summed E-state index contributed by atoms with van der Waals surface area (Å²) in [6.07, 6.45) is 1.76. The van der Waals surface area contributed by atoms with Crippen LogP contribution in [0.2, 0.25) is 0 Å². The molecule has 0 aliphatic rings. The molecular weight excluding hydrogens is 216 g/mol. The van der Waals surface area contributed by atoms with Gasteiger partial charge < -0.3 is 0 Å². The zero-order valence-corrected chi connectivity index (χ0v) is 9.44. The zero-order valence-electron chi connectivity index (χ0n) is 7.85. The van der Waals surface area contributed by atoms with Crippen LogP contribution in [0.3, 0.4) is 0 Å². The molecule has 0 aliphatic carbocycles. The van der Waals surface area contributed by atoms with Crippen molar-refractivity contribution in [2.45, 2.75) is 33.1 Å². The standard InChI is InChI=1S/C9H13BrN2/c1-6-5-11-12-8(7(6)10)9(2,3)4/h5H,1-4H3. The van der Waals surface area contributed by atoms with Gasteiger partial charge in [-0.1, -0.05) is 20.8 Å². The summed E-state index contributed by atoms with van der Waals surface area (Å²) in [6, 6.07) is 0. The number of aryl methyl sites for hydroxylation is 1. The average molecular weight is 229 g/mol. The maximum absolute atomic E-state index is 4.11. The number of hydrogen-bond donors (Lipinski definition) is 0. The summed E-state index contributed by atoms with van der Waals surface area (Å²) >= 11 is 3.51. The number of aromatic nitrogens is 2. The van der Waals surface area contributed by atoms with Crippen LogP contribution in [0.25, 0.3) is 0 Å². The first-order chi connectivity index (χ1) is 5.43. The highest BCUT2D eigenvalue weighted by molar-refractivity contribution is 9.10. The van der Waals surface area contributed by atoms with Crippen LogP contribution in [0, 0.1) is 6.92 Å². The van der Waals surface area contributed by atoms with Gasteiger partial charge in [-0.2, -0.15) is 10.2 Å². The fourth-order valence-electron chi connectivity index (χ4n) is 0.940. The van der Waals surface area contributed by atoms with E-state index in [0.29, 0.717) is 0 Å². The molecule has 2 nitrogen and oxygen atoms in total. The molecule has 0 radical (unpaired) electrons. The van der Waals surface area contributed by atoms with E-state index in [1.807, 2.05) is 6.92 Å². The topological polar surface area (TPSA) is 25.8 Å². The number of rotatable bonds is 0. The molecule has 0 N–H and O–H groups in total. The minimum absolute atomic E-state index is 0.0534. The van der Waals surface area contributed by atoms with Crippen molar-refractivity contribution in [1.29, 1.82) is 0 Å². The Labute approximate surface area is 81.5 Å². The van der Waals surface area contributed by atoms with Crippen LogP contribution in [-0.4, -0.2) is 10.2 Å².